The Bertz CT molecular complexity index is 3070. The van der Waals surface area contributed by atoms with Gasteiger partial charge in [0.1, 0.15) is 0 Å². The Morgan fingerprint density at radius 2 is 0.812 bits per heavy atom. The normalized spacial score (nSPS) is 12.2. The maximum Gasteiger partial charge on any atom is 0.0641 e. The standard InChI is InChI=1S/C46H28N2/c1-2-13-30(14-3-1)48-42-26-22-29-12-4-5-15-32(29)44(42)39-25-27-43-45(46(39)48)38-20-10-11-21-41(38)47(43)31-23-24-37-35-18-7-6-16-33(35)34-17-8-9-19-36(34)40(37)28-31/h1-28H. The van der Waals surface area contributed by atoms with Gasteiger partial charge in [0.25, 0.3) is 0 Å². The lowest BCUT2D eigenvalue weighted by Crippen LogP contribution is -1.95. The number of hydrogen-bond donors (Lipinski definition) is 0. The van der Waals surface area contributed by atoms with Crippen LogP contribution in [0.2, 0.25) is 0 Å². The summed E-state index contributed by atoms with van der Waals surface area (Å²) in [6, 6.07) is 62.4. The number of hydrogen-bond acceptors (Lipinski definition) is 0. The van der Waals surface area contributed by atoms with Gasteiger partial charge in [-0.25, -0.2) is 0 Å². The van der Waals surface area contributed by atoms with Crippen LogP contribution in [0.3, 0.4) is 0 Å². The zero-order valence-corrected chi connectivity index (χ0v) is 26.1. The first kappa shape index (κ1) is 25.8. The first-order chi connectivity index (χ1) is 23.8. The monoisotopic (exact) mass is 608 g/mol. The van der Waals surface area contributed by atoms with Gasteiger partial charge in [0.05, 0.1) is 22.1 Å². The SMILES string of the molecule is c1ccc(-n2c3ccc4ccccc4c3c3ccc4c(c5ccccc5n4-c4ccc5c6ccccc6c6ccccc6c5c4)c32)cc1. The number of aromatic nitrogens is 2. The van der Waals surface area contributed by atoms with E-state index in [0.29, 0.717) is 0 Å². The van der Waals surface area contributed by atoms with Crippen molar-refractivity contribution >= 4 is 86.7 Å². The Hall–Kier alpha value is -6.38. The fourth-order valence-electron chi connectivity index (χ4n) is 8.48. The summed E-state index contributed by atoms with van der Waals surface area (Å²) in [5, 5.41) is 15.4. The van der Waals surface area contributed by atoms with Crippen molar-refractivity contribution in [2.45, 2.75) is 0 Å². The molecule has 0 bridgehead atoms. The van der Waals surface area contributed by atoms with Gasteiger partial charge in [-0.05, 0) is 85.6 Å². The summed E-state index contributed by atoms with van der Waals surface area (Å²) >= 11 is 0. The Morgan fingerprint density at radius 1 is 0.271 bits per heavy atom. The molecule has 2 aromatic heterocycles. The molecular weight excluding hydrogens is 581 g/mol. The van der Waals surface area contributed by atoms with Gasteiger partial charge < -0.3 is 9.13 Å². The Labute approximate surface area is 276 Å². The largest absolute Gasteiger partial charge is 0.309 e. The fraction of sp³-hybridized carbons (Fsp3) is 0. The molecular formula is C46H28N2. The summed E-state index contributed by atoms with van der Waals surface area (Å²) in [5.74, 6) is 0. The highest BCUT2D eigenvalue weighted by atomic mass is 15.0. The van der Waals surface area contributed by atoms with Gasteiger partial charge in [0.2, 0.25) is 0 Å². The molecule has 2 nitrogen and oxygen atoms in total. The predicted octanol–water partition coefficient (Wildman–Crippen LogP) is 12.5. The van der Waals surface area contributed by atoms with E-state index in [1.54, 1.807) is 0 Å². The van der Waals surface area contributed by atoms with E-state index in [0.717, 1.165) is 0 Å². The van der Waals surface area contributed by atoms with E-state index in [4.69, 9.17) is 0 Å². The second-order valence-corrected chi connectivity index (χ2v) is 12.9. The van der Waals surface area contributed by atoms with E-state index in [1.165, 1.54) is 98.1 Å². The van der Waals surface area contributed by atoms with Gasteiger partial charge in [-0.3, -0.25) is 0 Å². The van der Waals surface area contributed by atoms with Crippen molar-refractivity contribution in [3.63, 3.8) is 0 Å². The van der Waals surface area contributed by atoms with Crippen molar-refractivity contribution < 1.29 is 0 Å². The van der Waals surface area contributed by atoms with Gasteiger partial charge in [0.15, 0.2) is 0 Å². The smallest absolute Gasteiger partial charge is 0.0641 e. The van der Waals surface area contributed by atoms with E-state index in [9.17, 15) is 0 Å². The fourth-order valence-corrected chi connectivity index (χ4v) is 8.48. The second kappa shape index (κ2) is 9.57. The highest BCUT2D eigenvalue weighted by Gasteiger charge is 2.22. The molecule has 0 unspecified atom stereocenters. The van der Waals surface area contributed by atoms with E-state index >= 15 is 0 Å². The topological polar surface area (TPSA) is 9.86 Å². The van der Waals surface area contributed by atoms with E-state index in [-0.39, 0.29) is 0 Å². The van der Waals surface area contributed by atoms with Gasteiger partial charge in [-0.1, -0.05) is 127 Å². The van der Waals surface area contributed by atoms with Crippen LogP contribution in [0.25, 0.3) is 98.1 Å². The van der Waals surface area contributed by atoms with E-state index in [1.807, 2.05) is 0 Å². The van der Waals surface area contributed by atoms with Crippen molar-refractivity contribution in [2.24, 2.45) is 0 Å². The third kappa shape index (κ3) is 3.36. The van der Waals surface area contributed by atoms with Crippen LogP contribution in [-0.4, -0.2) is 9.13 Å². The lowest BCUT2D eigenvalue weighted by Gasteiger charge is -2.14. The third-order valence-corrected chi connectivity index (χ3v) is 10.5. The van der Waals surface area contributed by atoms with Gasteiger partial charge in [-0.15, -0.1) is 0 Å². The van der Waals surface area contributed by atoms with Crippen LogP contribution < -0.4 is 0 Å². The lowest BCUT2D eigenvalue weighted by atomic mass is 9.94. The van der Waals surface area contributed by atoms with E-state index < -0.39 is 0 Å². The first-order valence-electron chi connectivity index (χ1n) is 16.6. The molecule has 0 spiro atoms. The molecule has 0 atom stereocenters. The van der Waals surface area contributed by atoms with Gasteiger partial charge in [-0.2, -0.15) is 0 Å². The van der Waals surface area contributed by atoms with Crippen molar-refractivity contribution in [3.05, 3.63) is 170 Å². The van der Waals surface area contributed by atoms with Crippen molar-refractivity contribution in [3.8, 4) is 11.4 Å². The lowest BCUT2D eigenvalue weighted by molar-refractivity contribution is 1.18. The maximum atomic E-state index is 2.48. The summed E-state index contributed by atoms with van der Waals surface area (Å²) in [6.07, 6.45) is 0. The molecule has 11 aromatic rings. The number of rotatable bonds is 2. The predicted molar refractivity (Wildman–Crippen MR) is 205 cm³/mol. The molecule has 2 heteroatoms. The summed E-state index contributed by atoms with van der Waals surface area (Å²) < 4.78 is 4.95. The minimum atomic E-state index is 1.17. The number of nitrogens with zero attached hydrogens (tertiary/aromatic N) is 2. The molecule has 0 aliphatic carbocycles. The Kier molecular flexibility index (Phi) is 5.14. The number of para-hydroxylation sites is 2. The highest BCUT2D eigenvalue weighted by Crippen LogP contribution is 2.44. The van der Waals surface area contributed by atoms with Crippen molar-refractivity contribution in [1.29, 1.82) is 0 Å². The Balaban J connectivity index is 1.32. The molecule has 222 valence electrons. The number of benzene rings is 9. The summed E-state index contributed by atoms with van der Waals surface area (Å²) in [6.45, 7) is 0. The molecule has 48 heavy (non-hydrogen) atoms. The number of fused-ring (bicyclic) bond motifs is 15. The van der Waals surface area contributed by atoms with Crippen LogP contribution in [0.4, 0.5) is 0 Å². The molecule has 0 N–H and O–H groups in total. The van der Waals surface area contributed by atoms with Crippen LogP contribution in [0, 0.1) is 0 Å². The zero-order chi connectivity index (χ0) is 31.3. The minimum absolute atomic E-state index is 1.17. The maximum absolute atomic E-state index is 2.48. The Morgan fingerprint density at radius 3 is 1.56 bits per heavy atom. The van der Waals surface area contributed by atoms with Crippen LogP contribution in [0.5, 0.6) is 0 Å². The summed E-state index contributed by atoms with van der Waals surface area (Å²) in [7, 11) is 0. The molecule has 0 aliphatic rings. The van der Waals surface area contributed by atoms with Crippen LogP contribution >= 0.6 is 0 Å². The molecule has 9 aromatic carbocycles. The first-order valence-corrected chi connectivity index (χ1v) is 16.6. The quantitative estimate of drug-likeness (QED) is 0.173. The summed E-state index contributed by atoms with van der Waals surface area (Å²) in [5.41, 5.74) is 7.22. The second-order valence-electron chi connectivity index (χ2n) is 12.9. The van der Waals surface area contributed by atoms with Crippen LogP contribution in [0.1, 0.15) is 0 Å². The molecule has 0 saturated carbocycles. The molecule has 0 aliphatic heterocycles. The molecule has 11 rings (SSSR count). The van der Waals surface area contributed by atoms with Gasteiger partial charge in [0, 0.05) is 32.9 Å². The van der Waals surface area contributed by atoms with Crippen LogP contribution in [0.15, 0.2) is 170 Å². The molecule has 0 fully saturated rings. The minimum Gasteiger partial charge on any atom is -0.309 e. The van der Waals surface area contributed by atoms with Crippen molar-refractivity contribution in [1.82, 2.24) is 9.13 Å². The zero-order valence-electron chi connectivity index (χ0n) is 26.1. The van der Waals surface area contributed by atoms with Gasteiger partial charge >= 0.3 is 0 Å². The molecule has 2 heterocycles. The summed E-state index contributed by atoms with van der Waals surface area (Å²) in [4.78, 5) is 0. The average molecular weight is 609 g/mol. The van der Waals surface area contributed by atoms with Crippen molar-refractivity contribution in [2.75, 3.05) is 0 Å². The molecule has 0 amide bonds. The van der Waals surface area contributed by atoms with E-state index in [2.05, 4.69) is 179 Å². The third-order valence-electron chi connectivity index (χ3n) is 10.5. The molecule has 0 saturated heterocycles. The highest BCUT2D eigenvalue weighted by molar-refractivity contribution is 6.30. The average Bonchev–Trinajstić information content (AvgIpc) is 3.68. The molecule has 0 radical (unpaired) electrons. The van der Waals surface area contributed by atoms with Crippen LogP contribution in [-0.2, 0) is 0 Å².